The first-order valence-corrected chi connectivity index (χ1v) is 9.31. The molecule has 1 saturated heterocycles. The number of aryl methyl sites for hydroxylation is 1. The maximum absolute atomic E-state index is 11.4. The van der Waals surface area contributed by atoms with Crippen LogP contribution < -0.4 is 0 Å². The summed E-state index contributed by atoms with van der Waals surface area (Å²) in [7, 11) is 0. The van der Waals surface area contributed by atoms with Crippen LogP contribution in [-0.2, 0) is 4.79 Å². The third-order valence-corrected chi connectivity index (χ3v) is 6.02. The summed E-state index contributed by atoms with van der Waals surface area (Å²) in [4.78, 5) is 19.5. The molecule has 0 amide bonds. The minimum Gasteiger partial charge on any atom is -0.481 e. The Hall–Kier alpha value is -1.24. The highest BCUT2D eigenvalue weighted by Gasteiger charge is 2.33. The number of carbonyl (C=O) groups is 1. The molecule has 3 heterocycles. The van der Waals surface area contributed by atoms with Crippen LogP contribution in [0.2, 0.25) is 0 Å². The van der Waals surface area contributed by atoms with E-state index in [0.717, 1.165) is 34.4 Å². The summed E-state index contributed by atoms with van der Waals surface area (Å²) in [6.07, 6.45) is 3.48. The third kappa shape index (κ3) is 3.65. The Morgan fingerprint density at radius 1 is 1.48 bits per heavy atom. The van der Waals surface area contributed by atoms with Gasteiger partial charge in [-0.3, -0.25) is 14.7 Å². The molecule has 2 aromatic heterocycles. The highest BCUT2D eigenvalue weighted by Crippen LogP contribution is 2.37. The van der Waals surface area contributed by atoms with Gasteiger partial charge in [-0.15, -0.1) is 11.3 Å². The van der Waals surface area contributed by atoms with Crippen LogP contribution in [0.4, 0.5) is 0 Å². The van der Waals surface area contributed by atoms with E-state index < -0.39 is 5.97 Å². The molecule has 0 saturated carbocycles. The summed E-state index contributed by atoms with van der Waals surface area (Å²) >= 11 is 5.23. The smallest absolute Gasteiger partial charge is 0.307 e. The average molecular weight is 395 g/mol. The number of pyridine rings is 1. The van der Waals surface area contributed by atoms with Gasteiger partial charge in [0.05, 0.1) is 21.4 Å². The van der Waals surface area contributed by atoms with Gasteiger partial charge in [0.25, 0.3) is 0 Å². The molecule has 0 radical (unpaired) electrons. The number of likely N-dealkylation sites (tertiary alicyclic amines) is 1. The summed E-state index contributed by atoms with van der Waals surface area (Å²) < 4.78 is 1.08. The zero-order chi connectivity index (χ0) is 16.4. The van der Waals surface area contributed by atoms with E-state index >= 15 is 0 Å². The van der Waals surface area contributed by atoms with Crippen LogP contribution in [0, 0.1) is 12.8 Å². The SMILES string of the molecule is Cc1cccnc1C(c1ccc(Br)s1)N1CCCC(C(=O)O)C1. The fourth-order valence-electron chi connectivity index (χ4n) is 3.19. The molecular weight excluding hydrogens is 376 g/mol. The Kier molecular flexibility index (Phi) is 5.14. The number of thiophene rings is 1. The van der Waals surface area contributed by atoms with E-state index in [9.17, 15) is 9.90 Å². The second-order valence-corrected chi connectivity index (χ2v) is 8.42. The van der Waals surface area contributed by atoms with Gasteiger partial charge in [0.15, 0.2) is 0 Å². The van der Waals surface area contributed by atoms with Crippen molar-refractivity contribution in [1.82, 2.24) is 9.88 Å². The van der Waals surface area contributed by atoms with Crippen molar-refractivity contribution < 1.29 is 9.90 Å². The van der Waals surface area contributed by atoms with Crippen LogP contribution in [-0.4, -0.2) is 34.0 Å². The molecule has 1 aliphatic heterocycles. The molecule has 4 nitrogen and oxygen atoms in total. The van der Waals surface area contributed by atoms with Crippen molar-refractivity contribution in [2.75, 3.05) is 13.1 Å². The van der Waals surface area contributed by atoms with E-state index in [4.69, 9.17) is 0 Å². The number of aromatic nitrogens is 1. The molecule has 1 aliphatic rings. The largest absolute Gasteiger partial charge is 0.481 e. The van der Waals surface area contributed by atoms with E-state index in [1.54, 1.807) is 11.3 Å². The van der Waals surface area contributed by atoms with Crippen LogP contribution in [0.15, 0.2) is 34.2 Å². The number of hydrogen-bond donors (Lipinski definition) is 1. The van der Waals surface area contributed by atoms with Crippen LogP contribution in [0.25, 0.3) is 0 Å². The van der Waals surface area contributed by atoms with Crippen molar-refractivity contribution in [3.63, 3.8) is 0 Å². The first-order chi connectivity index (χ1) is 11.1. The topological polar surface area (TPSA) is 53.4 Å². The van der Waals surface area contributed by atoms with E-state index in [2.05, 4.69) is 44.9 Å². The Morgan fingerprint density at radius 2 is 2.30 bits per heavy atom. The number of piperidine rings is 1. The van der Waals surface area contributed by atoms with E-state index in [0.29, 0.717) is 6.54 Å². The maximum atomic E-state index is 11.4. The van der Waals surface area contributed by atoms with Gasteiger partial charge in [0.1, 0.15) is 0 Å². The lowest BCUT2D eigenvalue weighted by Crippen LogP contribution is -2.41. The van der Waals surface area contributed by atoms with Crippen LogP contribution in [0.5, 0.6) is 0 Å². The van der Waals surface area contributed by atoms with Crippen molar-refractivity contribution >= 4 is 33.2 Å². The van der Waals surface area contributed by atoms with Gasteiger partial charge in [0, 0.05) is 17.6 Å². The van der Waals surface area contributed by atoms with E-state index in [1.165, 1.54) is 4.88 Å². The van der Waals surface area contributed by atoms with Crippen LogP contribution in [0.3, 0.4) is 0 Å². The van der Waals surface area contributed by atoms with Crippen molar-refractivity contribution in [3.8, 4) is 0 Å². The lowest BCUT2D eigenvalue weighted by atomic mass is 9.94. The van der Waals surface area contributed by atoms with Gasteiger partial charge in [-0.1, -0.05) is 6.07 Å². The van der Waals surface area contributed by atoms with Gasteiger partial charge < -0.3 is 5.11 Å². The molecule has 1 N–H and O–H groups in total. The molecule has 2 atom stereocenters. The number of carboxylic acids is 1. The molecule has 0 bridgehead atoms. The summed E-state index contributed by atoms with van der Waals surface area (Å²) in [5.74, 6) is -0.989. The number of aliphatic carboxylic acids is 1. The first kappa shape index (κ1) is 16.6. The molecule has 0 spiro atoms. The second kappa shape index (κ2) is 7.11. The summed E-state index contributed by atoms with van der Waals surface area (Å²) in [5.41, 5.74) is 2.16. The molecule has 3 rings (SSSR count). The monoisotopic (exact) mass is 394 g/mol. The zero-order valence-electron chi connectivity index (χ0n) is 12.9. The van der Waals surface area contributed by atoms with Crippen molar-refractivity contribution in [3.05, 3.63) is 50.4 Å². The molecule has 0 aliphatic carbocycles. The number of hydrogen-bond acceptors (Lipinski definition) is 4. The standard InChI is InChI=1S/C17H19BrN2O2S/c1-11-4-2-8-19-15(11)16(13-6-7-14(18)23-13)20-9-3-5-12(10-20)17(21)22/h2,4,6-8,12,16H,3,5,9-10H2,1H3,(H,21,22). The number of rotatable bonds is 4. The first-order valence-electron chi connectivity index (χ1n) is 7.70. The molecule has 6 heteroatoms. The van der Waals surface area contributed by atoms with Gasteiger partial charge in [-0.05, 0) is 66.0 Å². The Bertz CT molecular complexity index is 703. The summed E-state index contributed by atoms with van der Waals surface area (Å²) in [5, 5.41) is 9.39. The Balaban J connectivity index is 1.98. The van der Waals surface area contributed by atoms with E-state index in [1.807, 2.05) is 18.3 Å². The molecule has 0 aromatic carbocycles. The Morgan fingerprint density at radius 3 is 2.96 bits per heavy atom. The minimum atomic E-state index is -0.696. The fraction of sp³-hybridized carbons (Fsp3) is 0.412. The van der Waals surface area contributed by atoms with Crippen LogP contribution >= 0.6 is 27.3 Å². The molecule has 122 valence electrons. The third-order valence-electron chi connectivity index (χ3n) is 4.34. The molecule has 1 fully saturated rings. The van der Waals surface area contributed by atoms with Gasteiger partial charge in [-0.2, -0.15) is 0 Å². The van der Waals surface area contributed by atoms with Gasteiger partial charge in [0.2, 0.25) is 0 Å². The summed E-state index contributed by atoms with van der Waals surface area (Å²) in [6, 6.07) is 8.18. The lowest BCUT2D eigenvalue weighted by Gasteiger charge is -2.36. The quantitative estimate of drug-likeness (QED) is 0.847. The number of carboxylic acid groups (broad SMARTS) is 1. The average Bonchev–Trinajstić information content (AvgIpc) is 2.96. The normalized spacial score (nSPS) is 20.3. The summed E-state index contributed by atoms with van der Waals surface area (Å²) in [6.45, 7) is 3.54. The minimum absolute atomic E-state index is 0.0228. The maximum Gasteiger partial charge on any atom is 0.307 e. The van der Waals surface area contributed by atoms with E-state index in [-0.39, 0.29) is 12.0 Å². The highest BCUT2D eigenvalue weighted by molar-refractivity contribution is 9.11. The molecule has 23 heavy (non-hydrogen) atoms. The van der Waals surface area contributed by atoms with Crippen LogP contribution in [0.1, 0.15) is 35.0 Å². The molecular formula is C17H19BrN2O2S. The zero-order valence-corrected chi connectivity index (χ0v) is 15.3. The second-order valence-electron chi connectivity index (χ2n) is 5.92. The van der Waals surface area contributed by atoms with Gasteiger partial charge in [-0.25, -0.2) is 0 Å². The molecule has 2 aromatic rings. The number of halogens is 1. The molecule has 2 unspecified atom stereocenters. The van der Waals surface area contributed by atoms with Gasteiger partial charge >= 0.3 is 5.97 Å². The van der Waals surface area contributed by atoms with Crippen molar-refractivity contribution in [1.29, 1.82) is 0 Å². The lowest BCUT2D eigenvalue weighted by molar-refractivity contribution is -0.143. The van der Waals surface area contributed by atoms with Crippen molar-refractivity contribution in [2.24, 2.45) is 5.92 Å². The number of nitrogens with zero attached hydrogens (tertiary/aromatic N) is 2. The fourth-order valence-corrected chi connectivity index (χ4v) is 4.75. The Labute approximate surface area is 148 Å². The predicted octanol–water partition coefficient (Wildman–Crippen LogP) is 4.10. The van der Waals surface area contributed by atoms with Crippen molar-refractivity contribution in [2.45, 2.75) is 25.8 Å². The predicted molar refractivity (Wildman–Crippen MR) is 94.8 cm³/mol. The highest BCUT2D eigenvalue weighted by atomic mass is 79.9.